The van der Waals surface area contributed by atoms with Crippen molar-refractivity contribution in [2.45, 2.75) is 32.4 Å². The molecule has 0 saturated heterocycles. The van der Waals surface area contributed by atoms with E-state index < -0.39 is 17.7 Å². The third-order valence-corrected chi connectivity index (χ3v) is 2.80. The van der Waals surface area contributed by atoms with Crippen molar-refractivity contribution in [3.8, 4) is 0 Å². The molecule has 1 aromatic carbocycles. The van der Waals surface area contributed by atoms with Gasteiger partial charge in [-0.3, -0.25) is 4.98 Å². The SMILES string of the molecule is CC(C)(C)OC(=O)NC(C=O)c1ccc2cccnc2c1. The topological polar surface area (TPSA) is 68.3 Å². The number of benzene rings is 1. The number of aldehydes is 1. The Bertz CT molecular complexity index is 662. The van der Waals surface area contributed by atoms with Crippen LogP contribution in [0, 0.1) is 0 Å². The minimum absolute atomic E-state index is 0.609. The van der Waals surface area contributed by atoms with Crippen LogP contribution in [0.2, 0.25) is 0 Å². The van der Waals surface area contributed by atoms with Gasteiger partial charge in [-0.1, -0.05) is 18.2 Å². The number of rotatable bonds is 3. The van der Waals surface area contributed by atoms with E-state index in [1.165, 1.54) is 0 Å². The van der Waals surface area contributed by atoms with Crippen LogP contribution in [0.15, 0.2) is 36.5 Å². The number of carbonyl (C=O) groups is 2. The number of hydrogen-bond acceptors (Lipinski definition) is 4. The molecule has 0 aliphatic rings. The highest BCUT2D eigenvalue weighted by atomic mass is 16.6. The number of alkyl carbamates (subject to hydrolysis) is 1. The molecule has 21 heavy (non-hydrogen) atoms. The fourth-order valence-corrected chi connectivity index (χ4v) is 1.91. The molecule has 1 amide bonds. The van der Waals surface area contributed by atoms with Gasteiger partial charge in [0.15, 0.2) is 0 Å². The molecule has 0 fully saturated rings. The van der Waals surface area contributed by atoms with Crippen molar-refractivity contribution >= 4 is 23.3 Å². The number of aromatic nitrogens is 1. The third-order valence-electron chi connectivity index (χ3n) is 2.80. The first-order valence-corrected chi connectivity index (χ1v) is 6.68. The average Bonchev–Trinajstić information content (AvgIpc) is 2.42. The zero-order chi connectivity index (χ0) is 15.5. The smallest absolute Gasteiger partial charge is 0.408 e. The van der Waals surface area contributed by atoms with E-state index in [4.69, 9.17) is 4.74 Å². The second kappa shape index (κ2) is 5.91. The Hall–Kier alpha value is -2.43. The highest BCUT2D eigenvalue weighted by Crippen LogP contribution is 2.18. The van der Waals surface area contributed by atoms with E-state index in [1.807, 2.05) is 18.2 Å². The van der Waals surface area contributed by atoms with Crippen molar-refractivity contribution in [3.05, 3.63) is 42.1 Å². The van der Waals surface area contributed by atoms with Gasteiger partial charge in [-0.05, 0) is 38.5 Å². The Morgan fingerprint density at radius 3 is 2.76 bits per heavy atom. The van der Waals surface area contributed by atoms with Crippen LogP contribution in [-0.4, -0.2) is 23.0 Å². The minimum atomic E-state index is -0.758. The van der Waals surface area contributed by atoms with Gasteiger partial charge in [0.25, 0.3) is 0 Å². The first kappa shape index (κ1) is 15.0. The monoisotopic (exact) mass is 286 g/mol. The van der Waals surface area contributed by atoms with Crippen molar-refractivity contribution < 1.29 is 14.3 Å². The van der Waals surface area contributed by atoms with Crippen molar-refractivity contribution in [1.29, 1.82) is 0 Å². The molecule has 0 aliphatic carbocycles. The summed E-state index contributed by atoms with van der Waals surface area (Å²) in [5.41, 5.74) is 0.831. The molecule has 1 N–H and O–H groups in total. The number of hydrogen-bond donors (Lipinski definition) is 1. The number of amides is 1. The molecule has 1 unspecified atom stereocenters. The lowest BCUT2D eigenvalue weighted by molar-refractivity contribution is -0.109. The van der Waals surface area contributed by atoms with E-state index in [1.54, 1.807) is 39.1 Å². The lowest BCUT2D eigenvalue weighted by Crippen LogP contribution is -2.35. The van der Waals surface area contributed by atoms with Crippen molar-refractivity contribution in [1.82, 2.24) is 10.3 Å². The summed E-state index contributed by atoms with van der Waals surface area (Å²) in [6, 6.07) is 8.46. The lowest BCUT2D eigenvalue weighted by Gasteiger charge is -2.21. The number of pyridine rings is 1. The first-order valence-electron chi connectivity index (χ1n) is 6.68. The number of carbonyl (C=O) groups excluding carboxylic acids is 2. The highest BCUT2D eigenvalue weighted by molar-refractivity contribution is 5.81. The number of nitrogens with zero attached hydrogens (tertiary/aromatic N) is 1. The van der Waals surface area contributed by atoms with Crippen LogP contribution in [0.3, 0.4) is 0 Å². The predicted octanol–water partition coefficient (Wildman–Crippen LogP) is 3.00. The van der Waals surface area contributed by atoms with Gasteiger partial charge in [-0.25, -0.2) is 4.79 Å². The molecule has 0 spiro atoms. The van der Waals surface area contributed by atoms with E-state index in [9.17, 15) is 9.59 Å². The maximum atomic E-state index is 11.8. The fourth-order valence-electron chi connectivity index (χ4n) is 1.91. The van der Waals surface area contributed by atoms with Crippen LogP contribution >= 0.6 is 0 Å². The number of ether oxygens (including phenoxy) is 1. The minimum Gasteiger partial charge on any atom is -0.444 e. The van der Waals surface area contributed by atoms with Gasteiger partial charge in [0.2, 0.25) is 0 Å². The third kappa shape index (κ3) is 4.02. The van der Waals surface area contributed by atoms with Gasteiger partial charge in [0.1, 0.15) is 17.9 Å². The molecular formula is C16H18N2O3. The summed E-state index contributed by atoms with van der Waals surface area (Å²) in [5, 5.41) is 3.52. The summed E-state index contributed by atoms with van der Waals surface area (Å²) in [7, 11) is 0. The molecule has 2 rings (SSSR count). The zero-order valence-electron chi connectivity index (χ0n) is 12.3. The molecule has 0 saturated carbocycles. The lowest BCUT2D eigenvalue weighted by atomic mass is 10.1. The Morgan fingerprint density at radius 2 is 2.10 bits per heavy atom. The largest absolute Gasteiger partial charge is 0.444 e. The van der Waals surface area contributed by atoms with Crippen LogP contribution in [0.25, 0.3) is 10.9 Å². The maximum Gasteiger partial charge on any atom is 0.408 e. The molecule has 0 radical (unpaired) electrons. The first-order chi connectivity index (χ1) is 9.89. The van der Waals surface area contributed by atoms with Gasteiger partial charge < -0.3 is 14.8 Å². The van der Waals surface area contributed by atoms with Crippen molar-refractivity contribution in [2.24, 2.45) is 0 Å². The molecule has 0 aliphatic heterocycles. The van der Waals surface area contributed by atoms with Crippen molar-refractivity contribution in [3.63, 3.8) is 0 Å². The Labute approximate surface area is 123 Å². The molecule has 2 aromatic rings. The molecular weight excluding hydrogens is 268 g/mol. The number of fused-ring (bicyclic) bond motifs is 1. The maximum absolute atomic E-state index is 11.8. The van der Waals surface area contributed by atoms with Gasteiger partial charge in [-0.2, -0.15) is 0 Å². The highest BCUT2D eigenvalue weighted by Gasteiger charge is 2.20. The standard InChI is InChI=1S/C16H18N2O3/c1-16(2,3)21-15(20)18-14(10-19)12-7-6-11-5-4-8-17-13(11)9-12/h4-10,14H,1-3H3,(H,18,20). The Balaban J connectivity index is 2.19. The second-order valence-electron chi connectivity index (χ2n) is 5.72. The molecule has 110 valence electrons. The predicted molar refractivity (Wildman–Crippen MR) is 79.9 cm³/mol. The van der Waals surface area contributed by atoms with E-state index in [-0.39, 0.29) is 0 Å². The van der Waals surface area contributed by atoms with E-state index in [2.05, 4.69) is 10.3 Å². The molecule has 1 aromatic heterocycles. The summed E-state index contributed by atoms with van der Waals surface area (Å²) in [5.74, 6) is 0. The van der Waals surface area contributed by atoms with E-state index >= 15 is 0 Å². The van der Waals surface area contributed by atoms with Crippen LogP contribution < -0.4 is 5.32 Å². The summed E-state index contributed by atoms with van der Waals surface area (Å²) in [4.78, 5) is 27.2. The molecule has 1 heterocycles. The summed E-state index contributed by atoms with van der Waals surface area (Å²) in [6.45, 7) is 5.30. The van der Waals surface area contributed by atoms with Gasteiger partial charge in [-0.15, -0.1) is 0 Å². The molecule has 5 nitrogen and oxygen atoms in total. The average molecular weight is 286 g/mol. The summed E-state index contributed by atoms with van der Waals surface area (Å²) in [6.07, 6.45) is 1.73. The Morgan fingerprint density at radius 1 is 1.33 bits per heavy atom. The van der Waals surface area contributed by atoms with E-state index in [0.717, 1.165) is 10.9 Å². The second-order valence-corrected chi connectivity index (χ2v) is 5.72. The number of nitrogens with one attached hydrogen (secondary N) is 1. The normalized spacial score (nSPS) is 12.7. The molecule has 1 atom stereocenters. The van der Waals surface area contributed by atoms with Crippen molar-refractivity contribution in [2.75, 3.05) is 0 Å². The quantitative estimate of drug-likeness (QED) is 0.881. The van der Waals surface area contributed by atoms with Gasteiger partial charge >= 0.3 is 6.09 Å². The Kier molecular flexibility index (Phi) is 4.21. The molecule has 0 bridgehead atoms. The van der Waals surface area contributed by atoms with Crippen LogP contribution in [0.4, 0.5) is 4.79 Å². The van der Waals surface area contributed by atoms with Crippen LogP contribution in [0.1, 0.15) is 32.4 Å². The van der Waals surface area contributed by atoms with E-state index in [0.29, 0.717) is 11.8 Å². The fraction of sp³-hybridized carbons (Fsp3) is 0.312. The zero-order valence-corrected chi connectivity index (χ0v) is 12.3. The van der Waals surface area contributed by atoms with Crippen LogP contribution in [-0.2, 0) is 9.53 Å². The summed E-state index contributed by atoms with van der Waals surface area (Å²) >= 11 is 0. The molecule has 5 heteroatoms. The van der Waals surface area contributed by atoms with Crippen LogP contribution in [0.5, 0.6) is 0 Å². The summed E-state index contributed by atoms with van der Waals surface area (Å²) < 4.78 is 5.15. The van der Waals surface area contributed by atoms with Gasteiger partial charge in [0, 0.05) is 11.6 Å². The van der Waals surface area contributed by atoms with Gasteiger partial charge in [0.05, 0.1) is 5.52 Å².